The molecule has 2 heterocycles. The van der Waals surface area contributed by atoms with Crippen LogP contribution in [0.5, 0.6) is 0 Å². The molecule has 0 unspecified atom stereocenters. The smallest absolute Gasteiger partial charge is 0.333 e. The molecule has 1 aromatic heterocycles. The Morgan fingerprint density at radius 1 is 1.12 bits per heavy atom. The quantitative estimate of drug-likeness (QED) is 0.823. The van der Waals surface area contributed by atoms with E-state index in [0.29, 0.717) is 17.8 Å². The van der Waals surface area contributed by atoms with Crippen LogP contribution in [0.3, 0.4) is 0 Å². The second-order valence-corrected chi connectivity index (χ2v) is 6.22. The van der Waals surface area contributed by atoms with Crippen LogP contribution in [0.2, 0.25) is 0 Å². The molecule has 0 saturated carbocycles. The van der Waals surface area contributed by atoms with E-state index in [1.807, 2.05) is 18.2 Å². The van der Waals surface area contributed by atoms with Crippen molar-refractivity contribution < 1.29 is 13.6 Å². The molecule has 1 fully saturated rings. The molecule has 2 aromatic rings. The summed E-state index contributed by atoms with van der Waals surface area (Å²) in [6.45, 7) is 0.914. The summed E-state index contributed by atoms with van der Waals surface area (Å²) in [5.74, 6) is -0.286. The molecule has 26 heavy (non-hydrogen) atoms. The molecular weight excluding hydrogens is 338 g/mol. The summed E-state index contributed by atoms with van der Waals surface area (Å²) in [6, 6.07) is 11.5. The van der Waals surface area contributed by atoms with Crippen LogP contribution in [0.15, 0.2) is 48.7 Å². The third-order valence-corrected chi connectivity index (χ3v) is 4.38. The molecule has 0 spiro atoms. The number of rotatable bonds is 5. The number of alkyl halides is 2. The summed E-state index contributed by atoms with van der Waals surface area (Å²) in [6.07, 6.45) is 6.19. The minimum atomic E-state index is -2.73. The Labute approximate surface area is 151 Å². The Balaban J connectivity index is 1.52. The molecule has 7 heteroatoms. The van der Waals surface area contributed by atoms with Gasteiger partial charge >= 0.3 is 6.55 Å². The standard InChI is InChI=1S/C19H22F2N4O/c20-19(21)25-13-9-17(22-25)18(26)24-12-5-11-23(14-15-24)10-4-8-16-6-2-1-3-7-16/h1-4,6-9,13,19H,5,10-12,14-15H2/b8-4+. The summed E-state index contributed by atoms with van der Waals surface area (Å²) in [4.78, 5) is 16.4. The van der Waals surface area contributed by atoms with E-state index in [1.165, 1.54) is 6.07 Å². The van der Waals surface area contributed by atoms with Gasteiger partial charge in [0.15, 0.2) is 5.69 Å². The summed E-state index contributed by atoms with van der Waals surface area (Å²) in [5, 5.41) is 3.67. The largest absolute Gasteiger partial charge is 0.336 e. The Morgan fingerprint density at radius 3 is 2.65 bits per heavy atom. The van der Waals surface area contributed by atoms with E-state index in [4.69, 9.17) is 0 Å². The fraction of sp³-hybridized carbons (Fsp3) is 0.368. The van der Waals surface area contributed by atoms with Gasteiger partial charge in [0, 0.05) is 38.9 Å². The Kier molecular flexibility index (Phi) is 6.12. The highest BCUT2D eigenvalue weighted by atomic mass is 19.3. The summed E-state index contributed by atoms with van der Waals surface area (Å²) in [5.41, 5.74) is 1.23. The highest BCUT2D eigenvalue weighted by Crippen LogP contribution is 2.12. The number of hydrogen-bond donors (Lipinski definition) is 0. The van der Waals surface area contributed by atoms with Gasteiger partial charge < -0.3 is 4.90 Å². The third-order valence-electron chi connectivity index (χ3n) is 4.38. The van der Waals surface area contributed by atoms with Crippen molar-refractivity contribution in [1.82, 2.24) is 19.6 Å². The summed E-state index contributed by atoms with van der Waals surface area (Å²) in [7, 11) is 0. The fourth-order valence-corrected chi connectivity index (χ4v) is 2.98. The van der Waals surface area contributed by atoms with Crippen molar-refractivity contribution in [1.29, 1.82) is 0 Å². The molecule has 0 atom stereocenters. The van der Waals surface area contributed by atoms with Crippen LogP contribution in [-0.2, 0) is 0 Å². The summed E-state index contributed by atoms with van der Waals surface area (Å²) >= 11 is 0. The topological polar surface area (TPSA) is 41.4 Å². The van der Waals surface area contributed by atoms with Crippen molar-refractivity contribution in [2.24, 2.45) is 0 Å². The lowest BCUT2D eigenvalue weighted by Crippen LogP contribution is -2.35. The van der Waals surface area contributed by atoms with Crippen LogP contribution >= 0.6 is 0 Å². The molecule has 1 aliphatic rings. The Hall–Kier alpha value is -2.54. The number of amides is 1. The zero-order valence-electron chi connectivity index (χ0n) is 14.5. The number of aromatic nitrogens is 2. The van der Waals surface area contributed by atoms with Crippen molar-refractivity contribution in [3.63, 3.8) is 0 Å². The number of benzene rings is 1. The van der Waals surface area contributed by atoms with Gasteiger partial charge in [0.2, 0.25) is 0 Å². The number of halogens is 2. The van der Waals surface area contributed by atoms with Gasteiger partial charge in [-0.3, -0.25) is 9.69 Å². The summed E-state index contributed by atoms with van der Waals surface area (Å²) < 4.78 is 25.7. The minimum Gasteiger partial charge on any atom is -0.336 e. The third kappa shape index (κ3) is 4.76. The maximum absolute atomic E-state index is 12.6. The van der Waals surface area contributed by atoms with Gasteiger partial charge in [-0.15, -0.1) is 0 Å². The first-order valence-corrected chi connectivity index (χ1v) is 8.70. The van der Waals surface area contributed by atoms with Gasteiger partial charge in [0.05, 0.1) is 0 Å². The number of nitrogens with zero attached hydrogens (tertiary/aromatic N) is 4. The zero-order valence-corrected chi connectivity index (χ0v) is 14.5. The van der Waals surface area contributed by atoms with E-state index in [2.05, 4.69) is 34.3 Å². The molecule has 0 N–H and O–H groups in total. The van der Waals surface area contributed by atoms with E-state index in [0.717, 1.165) is 37.8 Å². The normalized spacial score (nSPS) is 16.3. The van der Waals surface area contributed by atoms with Gasteiger partial charge in [-0.1, -0.05) is 42.5 Å². The first kappa shape index (κ1) is 18.3. The molecule has 1 saturated heterocycles. The van der Waals surface area contributed by atoms with E-state index in [9.17, 15) is 13.6 Å². The second kappa shape index (κ2) is 8.71. The van der Waals surface area contributed by atoms with Gasteiger partial charge in [-0.25, -0.2) is 4.68 Å². The van der Waals surface area contributed by atoms with E-state index >= 15 is 0 Å². The number of hydrogen-bond acceptors (Lipinski definition) is 3. The Bertz CT molecular complexity index is 745. The monoisotopic (exact) mass is 360 g/mol. The van der Waals surface area contributed by atoms with Crippen molar-refractivity contribution in [3.05, 3.63) is 59.9 Å². The van der Waals surface area contributed by atoms with E-state index in [1.54, 1.807) is 4.90 Å². The molecule has 1 aromatic carbocycles. The predicted octanol–water partition coefficient (Wildman–Crippen LogP) is 3.14. The second-order valence-electron chi connectivity index (χ2n) is 6.22. The minimum absolute atomic E-state index is 0.0720. The van der Waals surface area contributed by atoms with E-state index in [-0.39, 0.29) is 11.6 Å². The number of carbonyl (C=O) groups is 1. The molecule has 1 aliphatic heterocycles. The highest BCUT2D eigenvalue weighted by Gasteiger charge is 2.22. The van der Waals surface area contributed by atoms with Crippen LogP contribution in [0.4, 0.5) is 8.78 Å². The van der Waals surface area contributed by atoms with Crippen molar-refractivity contribution in [2.75, 3.05) is 32.7 Å². The van der Waals surface area contributed by atoms with Crippen LogP contribution in [0, 0.1) is 0 Å². The lowest BCUT2D eigenvalue weighted by molar-refractivity contribution is 0.0552. The van der Waals surface area contributed by atoms with Gasteiger partial charge in [-0.2, -0.15) is 13.9 Å². The molecule has 3 rings (SSSR count). The molecule has 1 amide bonds. The van der Waals surface area contributed by atoms with Crippen LogP contribution in [-0.4, -0.2) is 58.2 Å². The highest BCUT2D eigenvalue weighted by molar-refractivity contribution is 5.92. The maximum atomic E-state index is 12.6. The maximum Gasteiger partial charge on any atom is 0.333 e. The SMILES string of the molecule is O=C(c1ccn(C(F)F)n1)N1CCCN(C/C=C/c2ccccc2)CC1. The van der Waals surface area contributed by atoms with Crippen molar-refractivity contribution >= 4 is 12.0 Å². The van der Waals surface area contributed by atoms with E-state index < -0.39 is 6.55 Å². The first-order chi connectivity index (χ1) is 12.6. The number of carbonyl (C=O) groups excluding carboxylic acids is 1. The van der Waals surface area contributed by atoms with Crippen LogP contribution in [0.1, 0.15) is 29.0 Å². The van der Waals surface area contributed by atoms with Crippen molar-refractivity contribution in [2.45, 2.75) is 13.0 Å². The molecule has 0 radical (unpaired) electrons. The van der Waals surface area contributed by atoms with Crippen molar-refractivity contribution in [3.8, 4) is 0 Å². The molecule has 0 aliphatic carbocycles. The van der Waals surface area contributed by atoms with Gasteiger partial charge in [0.25, 0.3) is 5.91 Å². The van der Waals surface area contributed by atoms with Crippen LogP contribution in [0.25, 0.3) is 6.08 Å². The average molecular weight is 360 g/mol. The zero-order chi connectivity index (χ0) is 18.4. The fourth-order valence-electron chi connectivity index (χ4n) is 2.98. The predicted molar refractivity (Wildman–Crippen MR) is 95.9 cm³/mol. The molecular formula is C19H22F2N4O. The Morgan fingerprint density at radius 2 is 1.92 bits per heavy atom. The molecule has 0 bridgehead atoms. The lowest BCUT2D eigenvalue weighted by Gasteiger charge is -2.20. The van der Waals surface area contributed by atoms with Gasteiger partial charge in [-0.05, 0) is 18.1 Å². The molecule has 138 valence electrons. The molecule has 5 nitrogen and oxygen atoms in total. The average Bonchev–Trinajstić information content (AvgIpc) is 3.03. The van der Waals surface area contributed by atoms with Gasteiger partial charge in [0.1, 0.15) is 0 Å². The first-order valence-electron chi connectivity index (χ1n) is 8.70. The lowest BCUT2D eigenvalue weighted by atomic mass is 10.2. The van der Waals surface area contributed by atoms with Crippen LogP contribution < -0.4 is 0 Å².